The third kappa shape index (κ3) is 2.92. The number of imidazole rings is 1. The van der Waals surface area contributed by atoms with Gasteiger partial charge < -0.3 is 14.4 Å². The summed E-state index contributed by atoms with van der Waals surface area (Å²) in [6, 6.07) is 8.23. The number of fused-ring (bicyclic) bond motifs is 1. The van der Waals surface area contributed by atoms with Gasteiger partial charge in [0.05, 0.1) is 17.6 Å². The maximum atomic E-state index is 4.67. The Bertz CT molecular complexity index is 600. The molecule has 5 nitrogen and oxygen atoms in total. The van der Waals surface area contributed by atoms with E-state index in [0.29, 0.717) is 0 Å². The van der Waals surface area contributed by atoms with E-state index in [1.807, 2.05) is 63.1 Å². The van der Waals surface area contributed by atoms with Crippen LogP contribution in [0.15, 0.2) is 29.3 Å². The zero-order valence-corrected chi connectivity index (χ0v) is 13.0. The highest BCUT2D eigenvalue weighted by Crippen LogP contribution is 2.15. The smallest absolute Gasteiger partial charge is 0.195 e. The fourth-order valence-electron chi connectivity index (χ4n) is 2.41. The average molecular weight is 273 g/mol. The van der Waals surface area contributed by atoms with E-state index in [1.165, 1.54) is 5.52 Å². The van der Waals surface area contributed by atoms with Crippen LogP contribution in [0.25, 0.3) is 11.0 Å². The average Bonchev–Trinajstić information content (AvgIpc) is 2.69. The summed E-state index contributed by atoms with van der Waals surface area (Å²) in [5, 5.41) is 0. The first-order valence-corrected chi connectivity index (χ1v) is 6.81. The molecule has 0 aliphatic rings. The molecule has 0 aliphatic carbocycles. The summed E-state index contributed by atoms with van der Waals surface area (Å²) < 4.78 is 2.22. The molecule has 5 heteroatoms. The standard InChI is InChI=1S/C15H23N5/c1-12-17-13-8-6-7-9-14(13)20(12)11-10-16-15(18(2)3)19(4)5/h6-9H,10-11H2,1-5H3. The normalized spacial score (nSPS) is 10.7. The lowest BCUT2D eigenvalue weighted by Crippen LogP contribution is -2.35. The number of nitrogens with zero attached hydrogens (tertiary/aromatic N) is 5. The van der Waals surface area contributed by atoms with E-state index in [1.54, 1.807) is 0 Å². The van der Waals surface area contributed by atoms with Crippen molar-refractivity contribution in [3.63, 3.8) is 0 Å². The van der Waals surface area contributed by atoms with Crippen LogP contribution in [-0.2, 0) is 6.54 Å². The van der Waals surface area contributed by atoms with Crippen LogP contribution in [0.3, 0.4) is 0 Å². The molecule has 0 fully saturated rings. The number of para-hydroxylation sites is 2. The molecule has 0 amide bonds. The van der Waals surface area contributed by atoms with Gasteiger partial charge in [-0.25, -0.2) is 4.98 Å². The minimum atomic E-state index is 0.743. The molecule has 0 saturated heterocycles. The lowest BCUT2D eigenvalue weighted by atomic mass is 10.3. The largest absolute Gasteiger partial charge is 0.349 e. The Morgan fingerprint density at radius 3 is 2.45 bits per heavy atom. The minimum absolute atomic E-state index is 0.743. The summed E-state index contributed by atoms with van der Waals surface area (Å²) in [7, 11) is 8.04. The van der Waals surface area contributed by atoms with E-state index in [2.05, 4.69) is 20.6 Å². The Morgan fingerprint density at radius 1 is 1.15 bits per heavy atom. The molecule has 0 radical (unpaired) electrons. The van der Waals surface area contributed by atoms with E-state index >= 15 is 0 Å². The van der Waals surface area contributed by atoms with E-state index in [4.69, 9.17) is 0 Å². The summed E-state index contributed by atoms with van der Waals surface area (Å²) >= 11 is 0. The topological polar surface area (TPSA) is 36.7 Å². The van der Waals surface area contributed by atoms with Gasteiger partial charge in [-0.1, -0.05) is 12.1 Å². The number of benzene rings is 1. The van der Waals surface area contributed by atoms with Gasteiger partial charge in [0.15, 0.2) is 5.96 Å². The van der Waals surface area contributed by atoms with Crippen molar-refractivity contribution in [1.29, 1.82) is 0 Å². The quantitative estimate of drug-likeness (QED) is 0.632. The van der Waals surface area contributed by atoms with Crippen molar-refractivity contribution in [2.45, 2.75) is 13.5 Å². The summed E-state index contributed by atoms with van der Waals surface area (Å²) in [5.74, 6) is 2.02. The van der Waals surface area contributed by atoms with Crippen molar-refractivity contribution < 1.29 is 0 Å². The highest BCUT2D eigenvalue weighted by Gasteiger charge is 2.07. The third-order valence-corrected chi connectivity index (χ3v) is 3.22. The fourth-order valence-corrected chi connectivity index (χ4v) is 2.41. The van der Waals surface area contributed by atoms with Gasteiger partial charge in [-0.05, 0) is 19.1 Å². The van der Waals surface area contributed by atoms with Gasteiger partial charge >= 0.3 is 0 Å². The van der Waals surface area contributed by atoms with E-state index in [-0.39, 0.29) is 0 Å². The number of guanidine groups is 1. The van der Waals surface area contributed by atoms with Crippen LogP contribution in [0.4, 0.5) is 0 Å². The Morgan fingerprint density at radius 2 is 1.80 bits per heavy atom. The van der Waals surface area contributed by atoms with Crippen LogP contribution in [0.2, 0.25) is 0 Å². The maximum Gasteiger partial charge on any atom is 0.195 e. The molecule has 1 aromatic heterocycles. The van der Waals surface area contributed by atoms with Gasteiger partial charge in [0, 0.05) is 34.7 Å². The maximum absolute atomic E-state index is 4.67. The first-order chi connectivity index (χ1) is 9.50. The van der Waals surface area contributed by atoms with Gasteiger partial charge in [0.25, 0.3) is 0 Å². The van der Waals surface area contributed by atoms with E-state index in [9.17, 15) is 0 Å². The SMILES string of the molecule is Cc1nc2ccccc2n1CCN=C(N(C)C)N(C)C. The van der Waals surface area contributed by atoms with Crippen molar-refractivity contribution in [3.8, 4) is 0 Å². The second kappa shape index (κ2) is 5.94. The van der Waals surface area contributed by atoms with Gasteiger partial charge in [0.1, 0.15) is 5.82 Å². The summed E-state index contributed by atoms with van der Waals surface area (Å²) in [6.07, 6.45) is 0. The van der Waals surface area contributed by atoms with Gasteiger partial charge in [-0.2, -0.15) is 0 Å². The van der Waals surface area contributed by atoms with E-state index in [0.717, 1.165) is 30.4 Å². The number of aliphatic imine (C=N–C) groups is 1. The number of aromatic nitrogens is 2. The molecule has 0 N–H and O–H groups in total. The molecule has 1 heterocycles. The zero-order valence-electron chi connectivity index (χ0n) is 13.0. The lowest BCUT2D eigenvalue weighted by molar-refractivity contribution is 0.477. The minimum Gasteiger partial charge on any atom is -0.349 e. The van der Waals surface area contributed by atoms with E-state index < -0.39 is 0 Å². The van der Waals surface area contributed by atoms with Crippen molar-refractivity contribution in [3.05, 3.63) is 30.1 Å². The second-order valence-electron chi connectivity index (χ2n) is 5.27. The third-order valence-electron chi connectivity index (χ3n) is 3.22. The molecular weight excluding hydrogens is 250 g/mol. The number of hydrogen-bond acceptors (Lipinski definition) is 2. The molecule has 0 spiro atoms. The molecule has 0 bridgehead atoms. The van der Waals surface area contributed by atoms with Crippen LogP contribution in [0.5, 0.6) is 0 Å². The number of rotatable bonds is 3. The van der Waals surface area contributed by atoms with Crippen LogP contribution in [0.1, 0.15) is 5.82 Å². The molecule has 0 atom stereocenters. The summed E-state index contributed by atoms with van der Waals surface area (Å²) in [6.45, 7) is 3.63. The molecule has 0 unspecified atom stereocenters. The Kier molecular flexibility index (Phi) is 4.27. The molecule has 0 aliphatic heterocycles. The molecule has 2 aromatic rings. The molecule has 1 aromatic carbocycles. The monoisotopic (exact) mass is 273 g/mol. The van der Waals surface area contributed by atoms with Crippen molar-refractivity contribution >= 4 is 17.0 Å². The van der Waals surface area contributed by atoms with Gasteiger partial charge in [0.2, 0.25) is 0 Å². The number of hydrogen-bond donors (Lipinski definition) is 0. The first-order valence-electron chi connectivity index (χ1n) is 6.81. The molecule has 108 valence electrons. The molecular formula is C15H23N5. The number of aryl methyl sites for hydroxylation is 1. The van der Waals surface area contributed by atoms with Gasteiger partial charge in [-0.15, -0.1) is 0 Å². The molecule has 2 rings (SSSR count). The second-order valence-corrected chi connectivity index (χ2v) is 5.27. The van der Waals surface area contributed by atoms with Crippen LogP contribution >= 0.6 is 0 Å². The highest BCUT2D eigenvalue weighted by atomic mass is 15.3. The van der Waals surface area contributed by atoms with Gasteiger partial charge in [-0.3, -0.25) is 4.99 Å². The first kappa shape index (κ1) is 14.4. The lowest BCUT2D eigenvalue weighted by Gasteiger charge is -2.22. The Labute approximate surface area is 120 Å². The molecule has 20 heavy (non-hydrogen) atoms. The summed E-state index contributed by atoms with van der Waals surface area (Å²) in [5.41, 5.74) is 2.23. The van der Waals surface area contributed by atoms with Crippen molar-refractivity contribution in [2.75, 3.05) is 34.7 Å². The van der Waals surface area contributed by atoms with Crippen LogP contribution in [-0.4, -0.2) is 60.0 Å². The Balaban J connectivity index is 2.17. The summed E-state index contributed by atoms with van der Waals surface area (Å²) in [4.78, 5) is 13.3. The zero-order chi connectivity index (χ0) is 14.7. The predicted molar refractivity (Wildman–Crippen MR) is 84.1 cm³/mol. The van der Waals surface area contributed by atoms with Crippen LogP contribution in [0, 0.1) is 6.92 Å². The van der Waals surface area contributed by atoms with Crippen molar-refractivity contribution in [1.82, 2.24) is 19.4 Å². The van der Waals surface area contributed by atoms with Crippen molar-refractivity contribution in [2.24, 2.45) is 4.99 Å². The highest BCUT2D eigenvalue weighted by molar-refractivity contribution is 5.79. The van der Waals surface area contributed by atoms with Crippen LogP contribution < -0.4 is 0 Å². The fraction of sp³-hybridized carbons (Fsp3) is 0.467. The Hall–Kier alpha value is -2.04. The molecule has 0 saturated carbocycles. The predicted octanol–water partition coefficient (Wildman–Crippen LogP) is 1.82.